The largest absolute Gasteiger partial charge is 0.508 e. The molecule has 1 aliphatic rings. The van der Waals surface area contributed by atoms with Crippen molar-refractivity contribution in [2.24, 2.45) is 11.8 Å². The van der Waals surface area contributed by atoms with Crippen LogP contribution in [-0.4, -0.2) is 17.2 Å². The summed E-state index contributed by atoms with van der Waals surface area (Å²) in [6.45, 7) is 0.209. The first-order valence-corrected chi connectivity index (χ1v) is 6.98. The van der Waals surface area contributed by atoms with Gasteiger partial charge in [-0.1, -0.05) is 18.6 Å². The number of rotatable bonds is 3. The molecule has 1 aromatic carbocycles. The third-order valence-electron chi connectivity index (χ3n) is 3.89. The zero-order valence-corrected chi connectivity index (χ0v) is 11.5. The second kappa shape index (κ2) is 6.37. The van der Waals surface area contributed by atoms with Gasteiger partial charge >= 0.3 is 6.18 Å². The molecule has 0 saturated heterocycles. The predicted molar refractivity (Wildman–Crippen MR) is 71.5 cm³/mol. The maximum absolute atomic E-state index is 12.7. The van der Waals surface area contributed by atoms with Gasteiger partial charge in [0.25, 0.3) is 0 Å². The highest BCUT2D eigenvalue weighted by atomic mass is 19.4. The summed E-state index contributed by atoms with van der Waals surface area (Å²) in [6.07, 6.45) is -3.31. The Morgan fingerprint density at radius 3 is 2.76 bits per heavy atom. The van der Waals surface area contributed by atoms with E-state index in [0.29, 0.717) is 18.4 Å². The molecule has 0 bridgehead atoms. The van der Waals surface area contributed by atoms with E-state index in [1.807, 2.05) is 0 Å². The van der Waals surface area contributed by atoms with E-state index < -0.39 is 18.0 Å². The Morgan fingerprint density at radius 1 is 1.33 bits per heavy atom. The number of benzene rings is 1. The highest BCUT2D eigenvalue weighted by Crippen LogP contribution is 2.39. The number of phenols is 1. The van der Waals surface area contributed by atoms with Crippen LogP contribution in [0, 0.1) is 11.8 Å². The third-order valence-corrected chi connectivity index (χ3v) is 3.89. The van der Waals surface area contributed by atoms with Crippen molar-refractivity contribution in [2.45, 2.75) is 38.4 Å². The Bertz CT molecular complexity index is 502. The lowest BCUT2D eigenvalue weighted by molar-refractivity contribution is -0.186. The van der Waals surface area contributed by atoms with Crippen molar-refractivity contribution in [3.8, 4) is 5.75 Å². The van der Waals surface area contributed by atoms with Crippen LogP contribution >= 0.6 is 0 Å². The molecule has 0 heterocycles. The van der Waals surface area contributed by atoms with Crippen LogP contribution in [0.2, 0.25) is 0 Å². The number of hydrogen-bond acceptors (Lipinski definition) is 2. The molecule has 2 atom stereocenters. The monoisotopic (exact) mass is 301 g/mol. The molecule has 1 fully saturated rings. The molecular formula is C15H18F3NO2. The molecular weight excluding hydrogens is 283 g/mol. The van der Waals surface area contributed by atoms with Gasteiger partial charge < -0.3 is 10.4 Å². The molecule has 2 unspecified atom stereocenters. The van der Waals surface area contributed by atoms with Crippen molar-refractivity contribution in [3.63, 3.8) is 0 Å². The average molecular weight is 301 g/mol. The Kier molecular flexibility index (Phi) is 4.75. The van der Waals surface area contributed by atoms with Crippen LogP contribution < -0.4 is 5.32 Å². The van der Waals surface area contributed by atoms with Crippen LogP contribution in [0.4, 0.5) is 13.2 Å². The zero-order chi connectivity index (χ0) is 15.5. The van der Waals surface area contributed by atoms with Gasteiger partial charge in [-0.25, -0.2) is 0 Å². The predicted octanol–water partition coefficient (Wildman–Crippen LogP) is 3.38. The fourth-order valence-electron chi connectivity index (χ4n) is 2.73. The third kappa shape index (κ3) is 4.37. The van der Waals surface area contributed by atoms with Crippen molar-refractivity contribution < 1.29 is 23.1 Å². The lowest BCUT2D eigenvalue weighted by atomic mass is 9.80. The van der Waals surface area contributed by atoms with Crippen LogP contribution in [-0.2, 0) is 11.3 Å². The minimum absolute atomic E-state index is 0.0940. The van der Waals surface area contributed by atoms with Crippen molar-refractivity contribution in [2.75, 3.05) is 0 Å². The number of carbonyl (C=O) groups is 1. The Labute approximate surface area is 121 Å². The van der Waals surface area contributed by atoms with Crippen molar-refractivity contribution in [1.82, 2.24) is 5.32 Å². The molecule has 6 heteroatoms. The molecule has 116 valence electrons. The minimum atomic E-state index is -4.22. The van der Waals surface area contributed by atoms with Gasteiger partial charge in [0.05, 0.1) is 5.92 Å². The summed E-state index contributed by atoms with van der Waals surface area (Å²) in [4.78, 5) is 12.0. The summed E-state index contributed by atoms with van der Waals surface area (Å²) in [5, 5.41) is 12.0. The second-order valence-corrected chi connectivity index (χ2v) is 5.49. The molecule has 0 radical (unpaired) electrons. The molecule has 2 rings (SSSR count). The summed E-state index contributed by atoms with van der Waals surface area (Å²) < 4.78 is 38.1. The first kappa shape index (κ1) is 15.7. The highest BCUT2D eigenvalue weighted by molar-refractivity contribution is 5.78. The highest BCUT2D eigenvalue weighted by Gasteiger charge is 2.43. The molecule has 0 aliphatic heterocycles. The quantitative estimate of drug-likeness (QED) is 0.899. The normalized spacial score (nSPS) is 22.8. The smallest absolute Gasteiger partial charge is 0.391 e. The molecule has 1 aliphatic carbocycles. The molecule has 21 heavy (non-hydrogen) atoms. The lowest BCUT2D eigenvalue weighted by Crippen LogP contribution is -2.37. The van der Waals surface area contributed by atoms with Crippen molar-refractivity contribution in [1.29, 1.82) is 0 Å². The first-order valence-electron chi connectivity index (χ1n) is 6.98. The van der Waals surface area contributed by atoms with E-state index in [9.17, 15) is 23.1 Å². The van der Waals surface area contributed by atoms with Crippen LogP contribution in [0.1, 0.15) is 31.2 Å². The maximum atomic E-state index is 12.7. The van der Waals surface area contributed by atoms with E-state index in [4.69, 9.17) is 0 Å². The Morgan fingerprint density at radius 2 is 2.10 bits per heavy atom. The number of hydrogen-bond donors (Lipinski definition) is 2. The topological polar surface area (TPSA) is 49.3 Å². The van der Waals surface area contributed by atoms with Crippen LogP contribution in [0.3, 0.4) is 0 Å². The molecule has 3 nitrogen and oxygen atoms in total. The summed E-state index contributed by atoms with van der Waals surface area (Å²) in [5.74, 6) is -2.20. The van der Waals surface area contributed by atoms with E-state index >= 15 is 0 Å². The standard InChI is InChI=1S/C15H18F3NO2/c16-15(17,18)12-5-2-4-11(8-12)14(21)19-9-10-3-1-6-13(20)7-10/h1,3,6-7,11-12,20H,2,4-5,8-9H2,(H,19,21). The maximum Gasteiger partial charge on any atom is 0.391 e. The molecule has 0 spiro atoms. The molecule has 1 aromatic rings. The number of amides is 1. The number of phenolic OH excluding ortho intramolecular Hbond substituents is 1. The average Bonchev–Trinajstić information content (AvgIpc) is 2.44. The summed E-state index contributed by atoms with van der Waals surface area (Å²) in [5.41, 5.74) is 0.714. The molecule has 2 N–H and O–H groups in total. The first-order chi connectivity index (χ1) is 9.86. The fourth-order valence-corrected chi connectivity index (χ4v) is 2.73. The SMILES string of the molecule is O=C(NCc1cccc(O)c1)C1CCCC(C(F)(F)F)C1. The van der Waals surface area contributed by atoms with Gasteiger partial charge in [-0.15, -0.1) is 0 Å². The van der Waals surface area contributed by atoms with E-state index in [0.717, 1.165) is 0 Å². The van der Waals surface area contributed by atoms with E-state index in [1.165, 1.54) is 12.1 Å². The molecule has 1 amide bonds. The van der Waals surface area contributed by atoms with Gasteiger partial charge in [0, 0.05) is 12.5 Å². The lowest BCUT2D eigenvalue weighted by Gasteiger charge is -2.29. The minimum Gasteiger partial charge on any atom is -0.508 e. The van der Waals surface area contributed by atoms with E-state index in [-0.39, 0.29) is 31.0 Å². The Hall–Kier alpha value is -1.72. The van der Waals surface area contributed by atoms with Crippen molar-refractivity contribution in [3.05, 3.63) is 29.8 Å². The van der Waals surface area contributed by atoms with Crippen LogP contribution in [0.25, 0.3) is 0 Å². The van der Waals surface area contributed by atoms with Gasteiger partial charge in [-0.05, 0) is 37.0 Å². The van der Waals surface area contributed by atoms with Gasteiger partial charge in [0.1, 0.15) is 5.75 Å². The van der Waals surface area contributed by atoms with Crippen LogP contribution in [0.5, 0.6) is 5.75 Å². The van der Waals surface area contributed by atoms with E-state index in [2.05, 4.69) is 5.32 Å². The van der Waals surface area contributed by atoms with E-state index in [1.54, 1.807) is 12.1 Å². The van der Waals surface area contributed by atoms with Gasteiger partial charge in [0.15, 0.2) is 0 Å². The molecule has 1 saturated carbocycles. The van der Waals surface area contributed by atoms with Gasteiger partial charge in [-0.3, -0.25) is 4.79 Å². The number of nitrogens with one attached hydrogen (secondary N) is 1. The fraction of sp³-hybridized carbons (Fsp3) is 0.533. The number of aromatic hydroxyl groups is 1. The van der Waals surface area contributed by atoms with Gasteiger partial charge in [-0.2, -0.15) is 13.2 Å². The van der Waals surface area contributed by atoms with Gasteiger partial charge in [0.2, 0.25) is 5.91 Å². The summed E-state index contributed by atoms with van der Waals surface area (Å²) in [6, 6.07) is 6.41. The number of carbonyl (C=O) groups excluding carboxylic acids is 1. The summed E-state index contributed by atoms with van der Waals surface area (Å²) in [7, 11) is 0. The zero-order valence-electron chi connectivity index (χ0n) is 11.5. The van der Waals surface area contributed by atoms with Crippen molar-refractivity contribution >= 4 is 5.91 Å². The second-order valence-electron chi connectivity index (χ2n) is 5.49. The van der Waals surface area contributed by atoms with Crippen LogP contribution in [0.15, 0.2) is 24.3 Å². The Balaban J connectivity index is 1.88. The molecule has 0 aromatic heterocycles. The summed E-state index contributed by atoms with van der Waals surface area (Å²) >= 11 is 0. The number of halogens is 3. The number of alkyl halides is 3.